The number of rotatable bonds is 6. The summed E-state index contributed by atoms with van der Waals surface area (Å²) in [7, 11) is 0. The Labute approximate surface area is 150 Å². The van der Waals surface area contributed by atoms with Crippen molar-refractivity contribution in [2.75, 3.05) is 19.7 Å². The number of fused-ring (bicyclic) bond motifs is 1. The molecule has 1 saturated heterocycles. The highest BCUT2D eigenvalue weighted by atomic mass is 16.5. The first-order valence-corrected chi connectivity index (χ1v) is 9.42. The van der Waals surface area contributed by atoms with E-state index in [9.17, 15) is 0 Å². The Balaban J connectivity index is 1.57. The minimum absolute atomic E-state index is 0.135. The molecule has 1 aliphatic carbocycles. The maximum Gasteiger partial charge on any atom is 0.228 e. The molecule has 1 aromatic heterocycles. The van der Waals surface area contributed by atoms with Gasteiger partial charge in [0, 0.05) is 42.9 Å². The van der Waals surface area contributed by atoms with Crippen LogP contribution in [0.1, 0.15) is 58.7 Å². The summed E-state index contributed by atoms with van der Waals surface area (Å²) in [6, 6.07) is 0.397. The van der Waals surface area contributed by atoms with Gasteiger partial charge >= 0.3 is 0 Å². The molecule has 0 bridgehead atoms. The Morgan fingerprint density at radius 2 is 2.20 bits per heavy atom. The zero-order valence-corrected chi connectivity index (χ0v) is 16.0. The number of hydrogen-bond donors (Lipinski definition) is 2. The second-order valence-electron chi connectivity index (χ2n) is 7.90. The summed E-state index contributed by atoms with van der Waals surface area (Å²) in [5.74, 6) is 3.13. The topological polar surface area (TPSA) is 84.6 Å². The van der Waals surface area contributed by atoms with Crippen LogP contribution in [0.25, 0.3) is 0 Å². The minimum Gasteiger partial charge on any atom is -0.377 e. The Morgan fingerprint density at radius 1 is 1.40 bits per heavy atom. The average Bonchev–Trinajstić information content (AvgIpc) is 3.20. The van der Waals surface area contributed by atoms with Gasteiger partial charge in [-0.05, 0) is 13.3 Å². The van der Waals surface area contributed by atoms with Gasteiger partial charge in [0.2, 0.25) is 5.89 Å². The van der Waals surface area contributed by atoms with E-state index in [-0.39, 0.29) is 11.3 Å². The van der Waals surface area contributed by atoms with E-state index in [0.717, 1.165) is 31.4 Å². The Bertz CT molecular complexity index is 610. The molecule has 0 spiro atoms. The van der Waals surface area contributed by atoms with Gasteiger partial charge in [-0.1, -0.05) is 32.9 Å². The van der Waals surface area contributed by atoms with Crippen LogP contribution in [0.4, 0.5) is 0 Å². The summed E-state index contributed by atoms with van der Waals surface area (Å²) in [4.78, 5) is 9.09. The zero-order chi connectivity index (χ0) is 18.0. The van der Waals surface area contributed by atoms with E-state index in [2.05, 4.69) is 55.4 Å². The van der Waals surface area contributed by atoms with Crippen LogP contribution < -0.4 is 10.6 Å². The third kappa shape index (κ3) is 3.66. The molecular formula is C18H31N5O2. The molecule has 3 rings (SSSR count). The van der Waals surface area contributed by atoms with Crippen LogP contribution in [0, 0.1) is 11.3 Å². The fourth-order valence-corrected chi connectivity index (χ4v) is 3.95. The van der Waals surface area contributed by atoms with Crippen LogP contribution in [0.5, 0.6) is 0 Å². The van der Waals surface area contributed by atoms with Gasteiger partial charge in [-0.15, -0.1) is 0 Å². The lowest BCUT2D eigenvalue weighted by molar-refractivity contribution is -0.106. The summed E-state index contributed by atoms with van der Waals surface area (Å²) >= 11 is 0. The molecule has 1 saturated carbocycles. The van der Waals surface area contributed by atoms with Gasteiger partial charge in [-0.3, -0.25) is 4.99 Å². The summed E-state index contributed by atoms with van der Waals surface area (Å²) < 4.78 is 11.2. The highest BCUT2D eigenvalue weighted by Crippen LogP contribution is 2.52. The van der Waals surface area contributed by atoms with E-state index in [1.807, 2.05) is 0 Å². The van der Waals surface area contributed by atoms with Crippen molar-refractivity contribution in [2.24, 2.45) is 16.3 Å². The van der Waals surface area contributed by atoms with Crippen LogP contribution in [-0.2, 0) is 11.2 Å². The molecule has 0 amide bonds. The second-order valence-corrected chi connectivity index (χ2v) is 7.90. The molecule has 7 nitrogen and oxygen atoms in total. The van der Waals surface area contributed by atoms with Crippen LogP contribution in [0.3, 0.4) is 0 Å². The molecule has 140 valence electrons. The fourth-order valence-electron chi connectivity index (χ4n) is 3.95. The van der Waals surface area contributed by atoms with Crippen molar-refractivity contribution in [3.63, 3.8) is 0 Å². The molecule has 0 aromatic carbocycles. The van der Waals surface area contributed by atoms with Crippen molar-refractivity contribution in [3.8, 4) is 0 Å². The van der Waals surface area contributed by atoms with E-state index in [0.29, 0.717) is 36.9 Å². The molecule has 3 atom stereocenters. The molecule has 2 heterocycles. The van der Waals surface area contributed by atoms with E-state index in [1.54, 1.807) is 0 Å². The van der Waals surface area contributed by atoms with Crippen molar-refractivity contribution >= 4 is 5.96 Å². The molecule has 0 radical (unpaired) electrons. The maximum atomic E-state index is 5.87. The molecule has 2 aliphatic rings. The van der Waals surface area contributed by atoms with Crippen LogP contribution in [0.15, 0.2) is 9.52 Å². The molecule has 3 unspecified atom stereocenters. The molecule has 1 aliphatic heterocycles. The fraction of sp³-hybridized carbons (Fsp3) is 0.833. The lowest BCUT2D eigenvalue weighted by Gasteiger charge is -2.54. The Kier molecular flexibility index (Phi) is 5.32. The van der Waals surface area contributed by atoms with Crippen molar-refractivity contribution < 1.29 is 9.26 Å². The van der Waals surface area contributed by atoms with E-state index >= 15 is 0 Å². The third-order valence-electron chi connectivity index (χ3n) is 5.33. The van der Waals surface area contributed by atoms with E-state index < -0.39 is 0 Å². The number of guanidine groups is 1. The Hall–Kier alpha value is -1.63. The predicted molar refractivity (Wildman–Crippen MR) is 96.6 cm³/mol. The second kappa shape index (κ2) is 7.32. The van der Waals surface area contributed by atoms with Gasteiger partial charge in [0.05, 0.1) is 12.6 Å². The summed E-state index contributed by atoms with van der Waals surface area (Å²) in [6.45, 7) is 13.1. The first kappa shape index (κ1) is 18.2. The van der Waals surface area contributed by atoms with Gasteiger partial charge in [0.15, 0.2) is 11.8 Å². The standard InChI is InChI=1S/C18H31N5O2/c1-6-19-17(20-9-7-13-21-16(11(2)3)23-25-13)22-14-12-8-10-24-15(12)18(14,4)5/h11-12,14-15H,6-10H2,1-5H3,(H2,19,20,22). The summed E-state index contributed by atoms with van der Waals surface area (Å²) in [5, 5.41) is 11.0. The molecule has 7 heteroatoms. The van der Waals surface area contributed by atoms with Gasteiger partial charge < -0.3 is 19.9 Å². The van der Waals surface area contributed by atoms with Crippen LogP contribution in [0.2, 0.25) is 0 Å². The first-order valence-electron chi connectivity index (χ1n) is 9.42. The van der Waals surface area contributed by atoms with Gasteiger partial charge in [0.25, 0.3) is 0 Å². The minimum atomic E-state index is 0.135. The molecule has 25 heavy (non-hydrogen) atoms. The van der Waals surface area contributed by atoms with Crippen LogP contribution >= 0.6 is 0 Å². The lowest BCUT2D eigenvalue weighted by Crippen LogP contribution is -2.68. The zero-order valence-electron chi connectivity index (χ0n) is 16.0. The number of hydrogen-bond acceptors (Lipinski definition) is 5. The van der Waals surface area contributed by atoms with Gasteiger partial charge in [0.1, 0.15) is 0 Å². The van der Waals surface area contributed by atoms with Gasteiger partial charge in [-0.2, -0.15) is 4.98 Å². The number of ether oxygens (including phenoxy) is 1. The quantitative estimate of drug-likeness (QED) is 0.604. The number of nitrogens with zero attached hydrogens (tertiary/aromatic N) is 3. The largest absolute Gasteiger partial charge is 0.377 e. The van der Waals surface area contributed by atoms with Crippen molar-refractivity contribution in [2.45, 2.75) is 65.5 Å². The van der Waals surface area contributed by atoms with Crippen LogP contribution in [-0.4, -0.2) is 47.9 Å². The monoisotopic (exact) mass is 349 g/mol. The summed E-state index contributed by atoms with van der Waals surface area (Å²) in [5.41, 5.74) is 0.135. The summed E-state index contributed by atoms with van der Waals surface area (Å²) in [6.07, 6.45) is 2.16. The highest BCUT2D eigenvalue weighted by molar-refractivity contribution is 5.80. The molecular weight excluding hydrogens is 318 g/mol. The van der Waals surface area contributed by atoms with Crippen molar-refractivity contribution in [1.82, 2.24) is 20.8 Å². The number of aromatic nitrogens is 2. The number of nitrogens with one attached hydrogen (secondary N) is 2. The average molecular weight is 349 g/mol. The molecule has 2 fully saturated rings. The van der Waals surface area contributed by atoms with E-state index in [1.165, 1.54) is 0 Å². The highest BCUT2D eigenvalue weighted by Gasteiger charge is 2.59. The number of aliphatic imine (C=N–C) groups is 1. The molecule has 2 N–H and O–H groups in total. The first-order chi connectivity index (χ1) is 11.9. The van der Waals surface area contributed by atoms with Gasteiger partial charge in [-0.25, -0.2) is 0 Å². The third-order valence-corrected chi connectivity index (χ3v) is 5.33. The van der Waals surface area contributed by atoms with Crippen molar-refractivity contribution in [1.29, 1.82) is 0 Å². The maximum absolute atomic E-state index is 5.87. The Morgan fingerprint density at radius 3 is 2.88 bits per heavy atom. The SMILES string of the molecule is CCNC(=NCCc1nc(C(C)C)no1)NC1C2CCOC2C1(C)C. The smallest absolute Gasteiger partial charge is 0.228 e. The molecule has 1 aromatic rings. The predicted octanol–water partition coefficient (Wildman–Crippen LogP) is 2.10. The lowest BCUT2D eigenvalue weighted by atomic mass is 9.57. The van der Waals surface area contributed by atoms with E-state index in [4.69, 9.17) is 14.3 Å². The normalized spacial score (nSPS) is 27.9. The van der Waals surface area contributed by atoms with Crippen molar-refractivity contribution in [3.05, 3.63) is 11.7 Å².